The minimum Gasteiger partial charge on any atom is -0.325 e. The molecule has 0 radical (unpaired) electrons. The number of halogens is 1. The summed E-state index contributed by atoms with van der Waals surface area (Å²) in [5, 5.41) is 2.75. The second kappa shape index (κ2) is 3.33. The predicted octanol–water partition coefficient (Wildman–Crippen LogP) is 2.84. The fourth-order valence-corrected chi connectivity index (χ4v) is 2.35. The van der Waals surface area contributed by atoms with E-state index in [4.69, 9.17) is 0 Å². The second-order valence-corrected chi connectivity index (χ2v) is 3.93. The van der Waals surface area contributed by atoms with Gasteiger partial charge in [-0.3, -0.25) is 4.79 Å². The lowest BCUT2D eigenvalue weighted by Gasteiger charge is -2.23. The van der Waals surface area contributed by atoms with Gasteiger partial charge in [-0.05, 0) is 30.5 Å². The molecule has 1 aromatic carbocycles. The van der Waals surface area contributed by atoms with Gasteiger partial charge in [-0.25, -0.2) is 4.39 Å². The smallest absolute Gasteiger partial charge is 0.235 e. The van der Waals surface area contributed by atoms with E-state index < -0.39 is 5.41 Å². The molecule has 0 saturated heterocycles. The molecule has 1 aliphatic heterocycles. The average molecular weight is 207 g/mol. The van der Waals surface area contributed by atoms with Crippen LogP contribution in [0.25, 0.3) is 0 Å². The number of anilines is 1. The average Bonchev–Trinajstić information content (AvgIpc) is 2.49. The summed E-state index contributed by atoms with van der Waals surface area (Å²) in [6.07, 6.45) is 1.49. The molecule has 2 nitrogen and oxygen atoms in total. The molecule has 1 heterocycles. The highest BCUT2D eigenvalue weighted by Crippen LogP contribution is 2.42. The number of carbonyl (C=O) groups excluding carboxylic acids is 1. The summed E-state index contributed by atoms with van der Waals surface area (Å²) in [6, 6.07) is 4.52. The van der Waals surface area contributed by atoms with Crippen molar-refractivity contribution in [1.29, 1.82) is 0 Å². The molecule has 0 fully saturated rings. The third kappa shape index (κ3) is 1.26. The topological polar surface area (TPSA) is 29.1 Å². The minimum absolute atomic E-state index is 0.00639. The van der Waals surface area contributed by atoms with Gasteiger partial charge in [0.2, 0.25) is 5.91 Å². The van der Waals surface area contributed by atoms with Crippen molar-refractivity contribution >= 4 is 11.6 Å². The van der Waals surface area contributed by atoms with Gasteiger partial charge in [0.25, 0.3) is 0 Å². The van der Waals surface area contributed by atoms with Gasteiger partial charge < -0.3 is 5.32 Å². The van der Waals surface area contributed by atoms with Gasteiger partial charge in [0.05, 0.1) is 5.41 Å². The zero-order valence-electron chi connectivity index (χ0n) is 8.93. The van der Waals surface area contributed by atoms with Gasteiger partial charge in [0, 0.05) is 5.69 Å². The molecular formula is C12H14FNO. The van der Waals surface area contributed by atoms with Crippen LogP contribution in [0.5, 0.6) is 0 Å². The lowest BCUT2D eigenvalue weighted by Crippen LogP contribution is -2.32. The number of rotatable bonds is 2. The van der Waals surface area contributed by atoms with Gasteiger partial charge in [-0.2, -0.15) is 0 Å². The third-order valence-electron chi connectivity index (χ3n) is 3.39. The van der Waals surface area contributed by atoms with Crippen LogP contribution >= 0.6 is 0 Å². The van der Waals surface area contributed by atoms with Crippen LogP contribution in [0.15, 0.2) is 18.2 Å². The van der Waals surface area contributed by atoms with E-state index in [1.165, 1.54) is 12.1 Å². The van der Waals surface area contributed by atoms with Crippen molar-refractivity contribution in [1.82, 2.24) is 0 Å². The zero-order valence-corrected chi connectivity index (χ0v) is 8.93. The van der Waals surface area contributed by atoms with Crippen molar-refractivity contribution in [3.05, 3.63) is 29.6 Å². The first-order chi connectivity index (χ1) is 7.14. The molecule has 0 bridgehead atoms. The summed E-state index contributed by atoms with van der Waals surface area (Å²) in [5.41, 5.74) is 1.10. The van der Waals surface area contributed by atoms with E-state index in [2.05, 4.69) is 5.32 Å². The molecule has 0 atom stereocenters. The highest BCUT2D eigenvalue weighted by Gasteiger charge is 2.43. The van der Waals surface area contributed by atoms with Gasteiger partial charge in [-0.1, -0.05) is 19.9 Å². The summed E-state index contributed by atoms with van der Waals surface area (Å²) in [6.45, 7) is 3.98. The third-order valence-corrected chi connectivity index (χ3v) is 3.39. The molecule has 1 amide bonds. The normalized spacial score (nSPS) is 17.4. The van der Waals surface area contributed by atoms with E-state index in [1.807, 2.05) is 13.8 Å². The predicted molar refractivity (Wildman–Crippen MR) is 57.3 cm³/mol. The van der Waals surface area contributed by atoms with Gasteiger partial charge >= 0.3 is 0 Å². The van der Waals surface area contributed by atoms with Crippen molar-refractivity contribution in [2.75, 3.05) is 5.32 Å². The lowest BCUT2D eigenvalue weighted by atomic mass is 9.77. The van der Waals surface area contributed by atoms with Crippen molar-refractivity contribution in [2.24, 2.45) is 0 Å². The Kier molecular flexibility index (Phi) is 2.25. The fourth-order valence-electron chi connectivity index (χ4n) is 2.35. The summed E-state index contributed by atoms with van der Waals surface area (Å²) in [7, 11) is 0. The number of nitrogens with one attached hydrogen (secondary N) is 1. The number of carbonyl (C=O) groups is 1. The molecular weight excluding hydrogens is 193 g/mol. The molecule has 0 saturated carbocycles. The number of hydrogen-bond acceptors (Lipinski definition) is 1. The Labute approximate surface area is 88.5 Å². The summed E-state index contributed by atoms with van der Waals surface area (Å²) < 4.78 is 13.0. The van der Waals surface area contributed by atoms with Crippen LogP contribution in [0.2, 0.25) is 0 Å². The maximum atomic E-state index is 13.0. The van der Waals surface area contributed by atoms with Gasteiger partial charge in [0.1, 0.15) is 5.82 Å². The molecule has 0 aromatic heterocycles. The Morgan fingerprint density at radius 3 is 2.60 bits per heavy atom. The maximum absolute atomic E-state index is 13.0. The highest BCUT2D eigenvalue weighted by molar-refractivity contribution is 6.06. The Hall–Kier alpha value is -1.38. The molecule has 2 rings (SSSR count). The van der Waals surface area contributed by atoms with E-state index in [0.29, 0.717) is 5.69 Å². The highest BCUT2D eigenvalue weighted by atomic mass is 19.1. The lowest BCUT2D eigenvalue weighted by molar-refractivity contribution is -0.121. The molecule has 1 N–H and O–H groups in total. The molecule has 0 unspecified atom stereocenters. The first kappa shape index (κ1) is 10.1. The SMILES string of the molecule is CCC1(CC)C(=O)Nc2cc(F)ccc21. The summed E-state index contributed by atoms with van der Waals surface area (Å²) in [5.74, 6) is -0.315. The number of benzene rings is 1. The molecule has 0 spiro atoms. The van der Waals surface area contributed by atoms with Crippen molar-refractivity contribution in [2.45, 2.75) is 32.1 Å². The number of hydrogen-bond donors (Lipinski definition) is 1. The summed E-state index contributed by atoms with van der Waals surface area (Å²) >= 11 is 0. The summed E-state index contributed by atoms with van der Waals surface area (Å²) in [4.78, 5) is 11.9. The van der Waals surface area contributed by atoms with E-state index in [0.717, 1.165) is 18.4 Å². The fraction of sp³-hybridized carbons (Fsp3) is 0.417. The first-order valence-electron chi connectivity index (χ1n) is 5.25. The minimum atomic E-state index is -0.455. The van der Waals surface area contributed by atoms with E-state index in [1.54, 1.807) is 6.07 Å². The quantitative estimate of drug-likeness (QED) is 0.793. The van der Waals surface area contributed by atoms with Crippen molar-refractivity contribution in [3.63, 3.8) is 0 Å². The van der Waals surface area contributed by atoms with Crippen LogP contribution in [0.1, 0.15) is 32.3 Å². The largest absolute Gasteiger partial charge is 0.325 e. The van der Waals surface area contributed by atoms with Crippen LogP contribution in [0, 0.1) is 5.82 Å². The van der Waals surface area contributed by atoms with E-state index >= 15 is 0 Å². The number of amides is 1. The van der Waals surface area contributed by atoms with E-state index in [9.17, 15) is 9.18 Å². The Bertz CT molecular complexity index is 410. The molecule has 1 aliphatic rings. The maximum Gasteiger partial charge on any atom is 0.235 e. The van der Waals surface area contributed by atoms with Gasteiger partial charge in [-0.15, -0.1) is 0 Å². The van der Waals surface area contributed by atoms with Gasteiger partial charge in [0.15, 0.2) is 0 Å². The standard InChI is InChI=1S/C12H14FNO/c1-3-12(4-2)9-6-5-8(13)7-10(9)14-11(12)15/h5-7H,3-4H2,1-2H3,(H,14,15). The molecule has 3 heteroatoms. The van der Waals surface area contributed by atoms with Crippen LogP contribution < -0.4 is 5.32 Å². The molecule has 0 aliphatic carbocycles. The molecule has 15 heavy (non-hydrogen) atoms. The monoisotopic (exact) mass is 207 g/mol. The van der Waals surface area contributed by atoms with Crippen LogP contribution in [-0.2, 0) is 10.2 Å². The number of fused-ring (bicyclic) bond motifs is 1. The Balaban J connectivity index is 2.59. The van der Waals surface area contributed by atoms with E-state index in [-0.39, 0.29) is 11.7 Å². The first-order valence-corrected chi connectivity index (χ1v) is 5.25. The van der Waals surface area contributed by atoms with Crippen LogP contribution in [0.3, 0.4) is 0 Å². The Morgan fingerprint density at radius 1 is 1.33 bits per heavy atom. The van der Waals surface area contributed by atoms with Crippen LogP contribution in [-0.4, -0.2) is 5.91 Å². The second-order valence-electron chi connectivity index (χ2n) is 3.93. The molecule has 80 valence electrons. The zero-order chi connectivity index (χ0) is 11.1. The molecule has 1 aromatic rings. The Morgan fingerprint density at radius 2 is 2.00 bits per heavy atom. The van der Waals surface area contributed by atoms with Crippen LogP contribution in [0.4, 0.5) is 10.1 Å². The van der Waals surface area contributed by atoms with Crippen molar-refractivity contribution in [3.8, 4) is 0 Å². The van der Waals surface area contributed by atoms with Crippen molar-refractivity contribution < 1.29 is 9.18 Å².